The van der Waals surface area contributed by atoms with Crippen molar-refractivity contribution in [3.63, 3.8) is 0 Å². The molecule has 0 saturated carbocycles. The van der Waals surface area contributed by atoms with Crippen LogP contribution in [-0.4, -0.2) is 32.3 Å². The first-order valence-electron chi connectivity index (χ1n) is 6.39. The molecular weight excluding hydrogens is 231 g/mol. The largest absolute Gasteiger partial charge is 0.388 e. The Morgan fingerprint density at radius 3 is 2.39 bits per heavy atom. The zero-order chi connectivity index (χ0) is 13.3. The molecule has 1 aromatic carbocycles. The molecule has 0 aromatic heterocycles. The van der Waals surface area contributed by atoms with Crippen LogP contribution in [0.2, 0.25) is 0 Å². The van der Waals surface area contributed by atoms with Gasteiger partial charge in [0.05, 0.1) is 17.9 Å². The van der Waals surface area contributed by atoms with E-state index in [9.17, 15) is 4.39 Å². The predicted molar refractivity (Wildman–Crippen MR) is 72.9 cm³/mol. The van der Waals surface area contributed by atoms with Gasteiger partial charge in [-0.1, -0.05) is 0 Å². The SMILES string of the molecule is CNc1cc(C)c(N2CC(C)OC(C)C2)c(F)c1. The molecule has 100 valence electrons. The van der Waals surface area contributed by atoms with Gasteiger partial charge in [-0.15, -0.1) is 0 Å². The molecule has 1 N–H and O–H groups in total. The Hall–Kier alpha value is -1.29. The fourth-order valence-corrected chi connectivity index (χ4v) is 2.64. The van der Waals surface area contributed by atoms with E-state index in [4.69, 9.17) is 4.74 Å². The van der Waals surface area contributed by atoms with Crippen LogP contribution in [0.5, 0.6) is 0 Å². The molecule has 0 spiro atoms. The van der Waals surface area contributed by atoms with Crippen LogP contribution in [0.3, 0.4) is 0 Å². The number of hydrogen-bond donors (Lipinski definition) is 1. The molecule has 0 radical (unpaired) electrons. The minimum absolute atomic E-state index is 0.136. The van der Waals surface area contributed by atoms with E-state index in [1.54, 1.807) is 13.1 Å². The average Bonchev–Trinajstić information content (AvgIpc) is 2.26. The Morgan fingerprint density at radius 1 is 1.28 bits per heavy atom. The van der Waals surface area contributed by atoms with E-state index in [0.717, 1.165) is 24.3 Å². The van der Waals surface area contributed by atoms with Gasteiger partial charge >= 0.3 is 0 Å². The van der Waals surface area contributed by atoms with Crippen molar-refractivity contribution in [3.05, 3.63) is 23.5 Å². The molecular formula is C14H21FN2O. The van der Waals surface area contributed by atoms with Crippen molar-refractivity contribution in [2.75, 3.05) is 30.4 Å². The first-order chi connectivity index (χ1) is 8.51. The van der Waals surface area contributed by atoms with Crippen LogP contribution in [0.4, 0.5) is 15.8 Å². The molecule has 1 heterocycles. The van der Waals surface area contributed by atoms with Crippen molar-refractivity contribution >= 4 is 11.4 Å². The minimum Gasteiger partial charge on any atom is -0.388 e. The second-order valence-electron chi connectivity index (χ2n) is 5.04. The van der Waals surface area contributed by atoms with Gasteiger partial charge in [-0.25, -0.2) is 4.39 Å². The summed E-state index contributed by atoms with van der Waals surface area (Å²) in [6.45, 7) is 7.47. The normalized spacial score (nSPS) is 24.2. The number of ether oxygens (including phenoxy) is 1. The Labute approximate surface area is 108 Å². The number of rotatable bonds is 2. The van der Waals surface area contributed by atoms with Crippen molar-refractivity contribution in [2.24, 2.45) is 0 Å². The Balaban J connectivity index is 2.32. The summed E-state index contributed by atoms with van der Waals surface area (Å²) >= 11 is 0. The predicted octanol–water partition coefficient (Wildman–Crippen LogP) is 2.79. The molecule has 2 rings (SSSR count). The number of nitrogens with one attached hydrogen (secondary N) is 1. The molecule has 3 nitrogen and oxygen atoms in total. The third-order valence-corrected chi connectivity index (χ3v) is 3.28. The standard InChI is InChI=1S/C14H21FN2O/c1-9-5-12(16-4)6-13(15)14(9)17-7-10(2)18-11(3)8-17/h5-6,10-11,16H,7-8H2,1-4H3. The maximum absolute atomic E-state index is 14.2. The maximum Gasteiger partial charge on any atom is 0.148 e. The smallest absolute Gasteiger partial charge is 0.148 e. The summed E-state index contributed by atoms with van der Waals surface area (Å²) in [5.74, 6) is -0.166. The summed E-state index contributed by atoms with van der Waals surface area (Å²) < 4.78 is 19.9. The van der Waals surface area contributed by atoms with Gasteiger partial charge in [-0.05, 0) is 38.5 Å². The molecule has 18 heavy (non-hydrogen) atoms. The van der Waals surface area contributed by atoms with Gasteiger partial charge in [0.2, 0.25) is 0 Å². The van der Waals surface area contributed by atoms with Crippen molar-refractivity contribution in [3.8, 4) is 0 Å². The van der Waals surface area contributed by atoms with Gasteiger partial charge in [0, 0.05) is 25.8 Å². The van der Waals surface area contributed by atoms with Crippen molar-refractivity contribution in [1.29, 1.82) is 0 Å². The lowest BCUT2D eigenvalue weighted by atomic mass is 10.1. The van der Waals surface area contributed by atoms with Crippen LogP contribution in [0.25, 0.3) is 0 Å². The van der Waals surface area contributed by atoms with Gasteiger partial charge in [-0.2, -0.15) is 0 Å². The molecule has 1 saturated heterocycles. The summed E-state index contributed by atoms with van der Waals surface area (Å²) in [6, 6.07) is 3.52. The third-order valence-electron chi connectivity index (χ3n) is 3.28. The first-order valence-corrected chi connectivity index (χ1v) is 6.39. The van der Waals surface area contributed by atoms with Crippen molar-refractivity contribution < 1.29 is 9.13 Å². The summed E-state index contributed by atoms with van der Waals surface area (Å²) in [4.78, 5) is 2.09. The number of anilines is 2. The zero-order valence-electron chi connectivity index (χ0n) is 11.5. The topological polar surface area (TPSA) is 24.5 Å². The maximum atomic E-state index is 14.2. The van der Waals surface area contributed by atoms with Crippen LogP contribution >= 0.6 is 0 Å². The highest BCUT2D eigenvalue weighted by atomic mass is 19.1. The van der Waals surface area contributed by atoms with Crippen LogP contribution in [0.1, 0.15) is 19.4 Å². The Kier molecular flexibility index (Phi) is 3.76. The van der Waals surface area contributed by atoms with Gasteiger partial charge in [0.1, 0.15) is 5.82 Å². The zero-order valence-corrected chi connectivity index (χ0v) is 11.5. The van der Waals surface area contributed by atoms with E-state index >= 15 is 0 Å². The van der Waals surface area contributed by atoms with Gasteiger partial charge in [-0.3, -0.25) is 0 Å². The van der Waals surface area contributed by atoms with Gasteiger partial charge < -0.3 is 15.0 Å². The first kappa shape index (κ1) is 13.1. The molecule has 0 amide bonds. The number of nitrogens with zero attached hydrogens (tertiary/aromatic N) is 1. The quantitative estimate of drug-likeness (QED) is 0.876. The highest BCUT2D eigenvalue weighted by molar-refractivity contribution is 5.62. The van der Waals surface area contributed by atoms with Crippen LogP contribution < -0.4 is 10.2 Å². The molecule has 0 bridgehead atoms. The fraction of sp³-hybridized carbons (Fsp3) is 0.571. The monoisotopic (exact) mass is 252 g/mol. The fourth-order valence-electron chi connectivity index (χ4n) is 2.64. The molecule has 4 heteroatoms. The van der Waals surface area contributed by atoms with E-state index in [-0.39, 0.29) is 18.0 Å². The lowest BCUT2D eigenvalue weighted by Gasteiger charge is -2.37. The second-order valence-corrected chi connectivity index (χ2v) is 5.04. The average molecular weight is 252 g/mol. The molecule has 0 aliphatic carbocycles. The third kappa shape index (κ3) is 2.58. The highest BCUT2D eigenvalue weighted by Crippen LogP contribution is 2.29. The number of morpholine rings is 1. The molecule has 1 aromatic rings. The minimum atomic E-state index is -0.166. The highest BCUT2D eigenvalue weighted by Gasteiger charge is 2.25. The Bertz CT molecular complexity index is 403. The molecule has 1 aliphatic rings. The summed E-state index contributed by atoms with van der Waals surface area (Å²) in [6.07, 6.45) is 0.271. The van der Waals surface area contributed by atoms with Gasteiger partial charge in [0.15, 0.2) is 0 Å². The summed E-state index contributed by atoms with van der Waals surface area (Å²) in [5.41, 5.74) is 2.47. The van der Waals surface area contributed by atoms with E-state index < -0.39 is 0 Å². The lowest BCUT2D eigenvalue weighted by Crippen LogP contribution is -2.46. The molecule has 2 unspecified atom stereocenters. The number of aryl methyl sites for hydroxylation is 1. The summed E-state index contributed by atoms with van der Waals surface area (Å²) in [7, 11) is 1.80. The van der Waals surface area contributed by atoms with Gasteiger partial charge in [0.25, 0.3) is 0 Å². The van der Waals surface area contributed by atoms with E-state index in [1.807, 2.05) is 26.8 Å². The van der Waals surface area contributed by atoms with Crippen LogP contribution in [0, 0.1) is 12.7 Å². The number of halogens is 1. The van der Waals surface area contributed by atoms with Crippen molar-refractivity contribution in [1.82, 2.24) is 0 Å². The Morgan fingerprint density at radius 2 is 1.89 bits per heavy atom. The second kappa shape index (κ2) is 5.14. The lowest BCUT2D eigenvalue weighted by molar-refractivity contribution is -0.00542. The van der Waals surface area contributed by atoms with E-state index in [0.29, 0.717) is 5.69 Å². The van der Waals surface area contributed by atoms with E-state index in [1.165, 1.54) is 0 Å². The summed E-state index contributed by atoms with van der Waals surface area (Å²) in [5, 5.41) is 2.97. The molecule has 2 atom stereocenters. The van der Waals surface area contributed by atoms with Crippen molar-refractivity contribution in [2.45, 2.75) is 33.0 Å². The number of benzene rings is 1. The van der Waals surface area contributed by atoms with Crippen LogP contribution in [0.15, 0.2) is 12.1 Å². The van der Waals surface area contributed by atoms with E-state index in [2.05, 4.69) is 10.2 Å². The molecule has 1 fully saturated rings. The van der Waals surface area contributed by atoms with Crippen LogP contribution in [-0.2, 0) is 4.74 Å². The number of hydrogen-bond acceptors (Lipinski definition) is 3. The molecule has 1 aliphatic heterocycles.